The SMILES string of the molecule is Fc1cc(Cl)c(NC2=NCCCCC2)c(Br)c1. The molecule has 1 aliphatic rings. The van der Waals surface area contributed by atoms with Gasteiger partial charge in [-0.3, -0.25) is 4.99 Å². The van der Waals surface area contributed by atoms with E-state index >= 15 is 0 Å². The number of hydrogen-bond acceptors (Lipinski definition) is 2. The first-order valence-corrected chi connectivity index (χ1v) is 6.79. The summed E-state index contributed by atoms with van der Waals surface area (Å²) in [6.07, 6.45) is 4.37. The fourth-order valence-corrected chi connectivity index (χ4v) is 2.68. The quantitative estimate of drug-likeness (QED) is 0.802. The first-order chi connectivity index (χ1) is 8.16. The Bertz CT molecular complexity index is 425. The molecule has 1 aliphatic heterocycles. The molecule has 0 radical (unpaired) electrons. The zero-order valence-corrected chi connectivity index (χ0v) is 11.6. The van der Waals surface area contributed by atoms with Crippen LogP contribution in [0, 0.1) is 5.82 Å². The molecule has 0 saturated heterocycles. The normalized spacial score (nSPS) is 16.3. The molecule has 1 aromatic rings. The molecule has 0 spiro atoms. The van der Waals surface area contributed by atoms with Gasteiger partial charge in [0.05, 0.1) is 10.7 Å². The van der Waals surface area contributed by atoms with Crippen molar-refractivity contribution in [2.75, 3.05) is 11.9 Å². The van der Waals surface area contributed by atoms with E-state index in [9.17, 15) is 4.39 Å². The zero-order valence-electron chi connectivity index (χ0n) is 9.27. The van der Waals surface area contributed by atoms with E-state index in [4.69, 9.17) is 11.6 Å². The lowest BCUT2D eigenvalue weighted by Gasteiger charge is -2.12. The van der Waals surface area contributed by atoms with Gasteiger partial charge in [0.25, 0.3) is 0 Å². The summed E-state index contributed by atoms with van der Waals surface area (Å²) >= 11 is 9.31. The number of anilines is 1. The fraction of sp³-hybridized carbons (Fsp3) is 0.417. The van der Waals surface area contributed by atoms with Gasteiger partial charge in [0.2, 0.25) is 0 Å². The van der Waals surface area contributed by atoms with Crippen molar-refractivity contribution >= 4 is 39.1 Å². The highest BCUT2D eigenvalue weighted by Crippen LogP contribution is 2.32. The van der Waals surface area contributed by atoms with Gasteiger partial charge < -0.3 is 5.32 Å². The molecule has 1 N–H and O–H groups in total. The molecule has 92 valence electrons. The van der Waals surface area contributed by atoms with E-state index in [1.54, 1.807) is 0 Å². The summed E-state index contributed by atoms with van der Waals surface area (Å²) < 4.78 is 13.7. The predicted octanol–water partition coefficient (Wildman–Crippen LogP) is 4.63. The number of benzene rings is 1. The summed E-state index contributed by atoms with van der Waals surface area (Å²) in [5.41, 5.74) is 0.689. The third kappa shape index (κ3) is 3.42. The van der Waals surface area contributed by atoms with E-state index in [2.05, 4.69) is 26.2 Å². The topological polar surface area (TPSA) is 24.4 Å². The van der Waals surface area contributed by atoms with E-state index in [-0.39, 0.29) is 5.82 Å². The Morgan fingerprint density at radius 1 is 1.29 bits per heavy atom. The number of aliphatic imine (C=N–C) groups is 1. The summed E-state index contributed by atoms with van der Waals surface area (Å²) in [6, 6.07) is 2.69. The second-order valence-electron chi connectivity index (χ2n) is 4.01. The molecule has 5 heteroatoms. The maximum Gasteiger partial charge on any atom is 0.125 e. The van der Waals surface area contributed by atoms with Crippen LogP contribution in [0.5, 0.6) is 0 Å². The minimum Gasteiger partial charge on any atom is -0.342 e. The maximum atomic E-state index is 13.1. The minimum atomic E-state index is -0.352. The Morgan fingerprint density at radius 2 is 2.12 bits per heavy atom. The summed E-state index contributed by atoms with van der Waals surface area (Å²) in [7, 11) is 0. The molecule has 0 unspecified atom stereocenters. The van der Waals surface area contributed by atoms with Crippen molar-refractivity contribution in [3.8, 4) is 0 Å². The van der Waals surface area contributed by atoms with Gasteiger partial charge in [0.15, 0.2) is 0 Å². The first kappa shape index (κ1) is 12.8. The number of amidine groups is 1. The molecule has 0 saturated carbocycles. The van der Waals surface area contributed by atoms with Crippen LogP contribution in [0.4, 0.5) is 10.1 Å². The fourth-order valence-electron chi connectivity index (χ4n) is 1.78. The van der Waals surface area contributed by atoms with Gasteiger partial charge in [0.1, 0.15) is 11.7 Å². The number of rotatable bonds is 1. The Morgan fingerprint density at radius 3 is 2.88 bits per heavy atom. The van der Waals surface area contributed by atoms with Crippen molar-refractivity contribution in [2.45, 2.75) is 25.7 Å². The second-order valence-corrected chi connectivity index (χ2v) is 5.27. The highest BCUT2D eigenvalue weighted by Gasteiger charge is 2.11. The molecule has 0 atom stereocenters. The lowest BCUT2D eigenvalue weighted by atomic mass is 10.2. The van der Waals surface area contributed by atoms with Crippen LogP contribution in [0.2, 0.25) is 5.02 Å². The molecule has 0 fully saturated rings. The van der Waals surface area contributed by atoms with Gasteiger partial charge in [-0.2, -0.15) is 0 Å². The van der Waals surface area contributed by atoms with Crippen LogP contribution < -0.4 is 5.32 Å². The third-order valence-electron chi connectivity index (χ3n) is 2.65. The highest BCUT2D eigenvalue weighted by molar-refractivity contribution is 9.10. The molecular formula is C12H13BrClFN2. The average molecular weight is 320 g/mol. The molecule has 0 bridgehead atoms. The van der Waals surface area contributed by atoms with Crippen molar-refractivity contribution in [3.63, 3.8) is 0 Å². The van der Waals surface area contributed by atoms with Crippen LogP contribution in [0.1, 0.15) is 25.7 Å². The Kier molecular flexibility index (Phi) is 4.40. The molecule has 1 aromatic carbocycles. The summed E-state index contributed by atoms with van der Waals surface area (Å²) in [6.45, 7) is 0.846. The van der Waals surface area contributed by atoms with E-state index in [1.165, 1.54) is 18.6 Å². The predicted molar refractivity (Wildman–Crippen MR) is 73.5 cm³/mol. The minimum absolute atomic E-state index is 0.352. The number of nitrogens with one attached hydrogen (secondary N) is 1. The van der Waals surface area contributed by atoms with Crippen LogP contribution in [0.15, 0.2) is 21.6 Å². The van der Waals surface area contributed by atoms with Crippen LogP contribution in [-0.2, 0) is 0 Å². The highest BCUT2D eigenvalue weighted by atomic mass is 79.9. The number of halogens is 3. The van der Waals surface area contributed by atoms with Gasteiger partial charge in [-0.15, -0.1) is 0 Å². The molecule has 2 rings (SSSR count). The van der Waals surface area contributed by atoms with Gasteiger partial charge in [-0.25, -0.2) is 4.39 Å². The van der Waals surface area contributed by atoms with Gasteiger partial charge >= 0.3 is 0 Å². The number of hydrogen-bond donors (Lipinski definition) is 1. The van der Waals surface area contributed by atoms with Crippen LogP contribution in [0.25, 0.3) is 0 Å². The summed E-state index contributed by atoms with van der Waals surface area (Å²) in [4.78, 5) is 4.46. The third-order valence-corrected chi connectivity index (χ3v) is 3.57. The molecular weight excluding hydrogens is 307 g/mol. The van der Waals surface area contributed by atoms with Crippen molar-refractivity contribution in [1.29, 1.82) is 0 Å². The zero-order chi connectivity index (χ0) is 12.3. The second kappa shape index (κ2) is 5.83. The summed E-state index contributed by atoms with van der Waals surface area (Å²) in [5, 5.41) is 3.55. The van der Waals surface area contributed by atoms with E-state index < -0.39 is 0 Å². The van der Waals surface area contributed by atoms with Gasteiger partial charge in [-0.05, 0) is 40.9 Å². The largest absolute Gasteiger partial charge is 0.342 e. The Hall–Kier alpha value is -0.610. The molecule has 2 nitrogen and oxygen atoms in total. The standard InChI is InChI=1S/C12H13BrClFN2/c13-9-6-8(15)7-10(14)12(9)17-11-4-2-1-3-5-16-11/h6-7H,1-5H2,(H,16,17). The molecule has 17 heavy (non-hydrogen) atoms. The smallest absolute Gasteiger partial charge is 0.125 e. The van der Waals surface area contributed by atoms with Gasteiger partial charge in [0, 0.05) is 17.4 Å². The van der Waals surface area contributed by atoms with Crippen molar-refractivity contribution in [3.05, 3.63) is 27.4 Å². The molecule has 0 amide bonds. The number of nitrogens with zero attached hydrogens (tertiary/aromatic N) is 1. The lowest BCUT2D eigenvalue weighted by Crippen LogP contribution is -2.12. The van der Waals surface area contributed by atoms with Crippen LogP contribution in [0.3, 0.4) is 0 Å². The molecule has 1 heterocycles. The maximum absolute atomic E-state index is 13.1. The Labute approximate surface area is 113 Å². The summed E-state index contributed by atoms with van der Waals surface area (Å²) in [5.74, 6) is 0.576. The van der Waals surface area contributed by atoms with Crippen molar-refractivity contribution in [1.82, 2.24) is 0 Å². The monoisotopic (exact) mass is 318 g/mol. The van der Waals surface area contributed by atoms with E-state index in [1.807, 2.05) is 0 Å². The van der Waals surface area contributed by atoms with Crippen LogP contribution >= 0.6 is 27.5 Å². The molecule has 0 aliphatic carbocycles. The lowest BCUT2D eigenvalue weighted by molar-refractivity contribution is 0.627. The van der Waals surface area contributed by atoms with Crippen molar-refractivity contribution < 1.29 is 4.39 Å². The van der Waals surface area contributed by atoms with E-state index in [0.717, 1.165) is 31.6 Å². The molecule has 0 aromatic heterocycles. The van der Waals surface area contributed by atoms with Crippen molar-refractivity contribution in [2.24, 2.45) is 4.99 Å². The van der Waals surface area contributed by atoms with Gasteiger partial charge in [-0.1, -0.05) is 18.0 Å². The Balaban J connectivity index is 2.20. The van der Waals surface area contributed by atoms with E-state index in [0.29, 0.717) is 15.2 Å². The average Bonchev–Trinajstić information content (AvgIpc) is 2.51. The first-order valence-electron chi connectivity index (χ1n) is 5.62. The van der Waals surface area contributed by atoms with Crippen LogP contribution in [-0.4, -0.2) is 12.4 Å².